The molecule has 4 heteroatoms. The van der Waals surface area contributed by atoms with Crippen LogP contribution in [0.5, 0.6) is 0 Å². The highest BCUT2D eigenvalue weighted by molar-refractivity contribution is 7.42. The molecule has 3 N–H and O–H groups in total. The molecule has 0 aliphatic heterocycles. The molecule has 3 nitrogen and oxygen atoms in total. The van der Waals surface area contributed by atoms with Gasteiger partial charge in [-0.1, -0.05) is 27.7 Å². The second-order valence-electron chi connectivity index (χ2n) is 3.43. The lowest BCUT2D eigenvalue weighted by Crippen LogP contribution is -2.34. The van der Waals surface area contributed by atoms with E-state index in [1.165, 1.54) is 0 Å². The van der Waals surface area contributed by atoms with Crippen LogP contribution in [0, 0.1) is 11.8 Å². The van der Waals surface area contributed by atoms with Crippen molar-refractivity contribution in [3.63, 3.8) is 0 Å². The van der Waals surface area contributed by atoms with Crippen LogP contribution in [0.4, 0.5) is 0 Å². The van der Waals surface area contributed by atoms with Gasteiger partial charge in [0, 0.05) is 6.04 Å². The third kappa shape index (κ3) is 4.70. The van der Waals surface area contributed by atoms with Gasteiger partial charge >= 0.3 is 0 Å². The molecule has 0 amide bonds. The van der Waals surface area contributed by atoms with Crippen molar-refractivity contribution < 1.29 is 9.79 Å². The van der Waals surface area contributed by atoms with E-state index in [0.717, 1.165) is 0 Å². The smallest absolute Gasteiger partial charge is 0.250 e. The first-order chi connectivity index (χ1) is 4.95. The van der Waals surface area contributed by atoms with E-state index in [0.29, 0.717) is 11.8 Å². The number of nitrogens with one attached hydrogen (secondary N) is 1. The Labute approximate surface area is 69.8 Å². The van der Waals surface area contributed by atoms with Crippen LogP contribution < -0.4 is 5.09 Å². The molecule has 0 fully saturated rings. The summed E-state index contributed by atoms with van der Waals surface area (Å²) in [7, 11) is -1.95. The van der Waals surface area contributed by atoms with Crippen molar-refractivity contribution in [2.24, 2.45) is 11.8 Å². The Balaban J connectivity index is 3.90. The summed E-state index contributed by atoms with van der Waals surface area (Å²) in [5, 5.41) is 2.75. The first-order valence-electron chi connectivity index (χ1n) is 3.89. The Morgan fingerprint density at radius 3 is 1.45 bits per heavy atom. The van der Waals surface area contributed by atoms with Gasteiger partial charge in [-0.2, -0.15) is 0 Å². The Morgan fingerprint density at radius 2 is 1.36 bits per heavy atom. The maximum absolute atomic E-state index is 8.73. The molecule has 0 radical (unpaired) electrons. The quantitative estimate of drug-likeness (QED) is 0.573. The van der Waals surface area contributed by atoms with E-state index in [1.54, 1.807) is 0 Å². The van der Waals surface area contributed by atoms with Crippen molar-refractivity contribution in [3.8, 4) is 0 Å². The lowest BCUT2D eigenvalue weighted by Gasteiger charge is -2.26. The molecular weight excluding hydrogens is 161 g/mol. The van der Waals surface area contributed by atoms with Gasteiger partial charge in [-0.05, 0) is 11.8 Å². The minimum atomic E-state index is -1.95. The molecule has 0 rings (SSSR count). The highest BCUT2D eigenvalue weighted by Gasteiger charge is 2.19. The van der Waals surface area contributed by atoms with Crippen LogP contribution in [-0.2, 0) is 0 Å². The summed E-state index contributed by atoms with van der Waals surface area (Å²) >= 11 is 0. The van der Waals surface area contributed by atoms with Gasteiger partial charge in [0.1, 0.15) is 0 Å². The molecule has 0 aliphatic rings. The van der Waals surface area contributed by atoms with Gasteiger partial charge in [0.25, 0.3) is 8.53 Å². The molecule has 0 bridgehead atoms. The Morgan fingerprint density at radius 1 is 1.00 bits per heavy atom. The summed E-state index contributed by atoms with van der Waals surface area (Å²) in [5.74, 6) is 0.860. The van der Waals surface area contributed by atoms with Crippen molar-refractivity contribution in [3.05, 3.63) is 0 Å². The number of hydrogen-bond donors (Lipinski definition) is 3. The molecule has 0 saturated carbocycles. The first kappa shape index (κ1) is 11.3. The standard InChI is InChI=1S/C7H18NO2P/c1-5(2)7(6(3)4)8-11(9)10/h5-10H,1-4H3. The first-order valence-corrected chi connectivity index (χ1v) is 5.14. The maximum Gasteiger partial charge on any atom is 0.250 e. The van der Waals surface area contributed by atoms with Crippen molar-refractivity contribution in [2.75, 3.05) is 0 Å². The van der Waals surface area contributed by atoms with Gasteiger partial charge in [-0.25, -0.2) is 5.09 Å². The zero-order chi connectivity index (χ0) is 9.02. The van der Waals surface area contributed by atoms with E-state index < -0.39 is 8.53 Å². The molecular formula is C7H18NO2P. The molecule has 0 heterocycles. The number of hydrogen-bond acceptors (Lipinski definition) is 3. The Kier molecular flexibility index (Phi) is 5.19. The predicted molar refractivity (Wildman–Crippen MR) is 48.0 cm³/mol. The molecule has 0 saturated heterocycles. The average molecular weight is 179 g/mol. The van der Waals surface area contributed by atoms with Crippen LogP contribution in [0.1, 0.15) is 27.7 Å². The van der Waals surface area contributed by atoms with Gasteiger partial charge in [-0.15, -0.1) is 0 Å². The highest BCUT2D eigenvalue weighted by Crippen LogP contribution is 2.23. The maximum atomic E-state index is 8.73. The minimum absolute atomic E-state index is 0.191. The molecule has 0 spiro atoms. The van der Waals surface area contributed by atoms with E-state index in [-0.39, 0.29) is 6.04 Å². The van der Waals surface area contributed by atoms with E-state index in [4.69, 9.17) is 9.79 Å². The topological polar surface area (TPSA) is 52.5 Å². The Bertz CT molecular complexity index is 98.6. The van der Waals surface area contributed by atoms with Crippen molar-refractivity contribution in [1.82, 2.24) is 5.09 Å². The van der Waals surface area contributed by atoms with Gasteiger partial charge in [0.2, 0.25) is 0 Å². The van der Waals surface area contributed by atoms with Crippen molar-refractivity contribution in [2.45, 2.75) is 33.7 Å². The van der Waals surface area contributed by atoms with Crippen molar-refractivity contribution >= 4 is 8.53 Å². The van der Waals surface area contributed by atoms with E-state index >= 15 is 0 Å². The van der Waals surface area contributed by atoms with Gasteiger partial charge in [0.05, 0.1) is 0 Å². The molecule has 0 unspecified atom stereocenters. The molecule has 0 aromatic heterocycles. The summed E-state index contributed by atoms with van der Waals surface area (Å²) < 4.78 is 0. The molecule has 0 aliphatic carbocycles. The molecule has 0 atom stereocenters. The minimum Gasteiger partial charge on any atom is -0.338 e. The summed E-state index contributed by atoms with van der Waals surface area (Å²) in [6.07, 6.45) is 0. The van der Waals surface area contributed by atoms with Crippen LogP contribution in [0.3, 0.4) is 0 Å². The van der Waals surface area contributed by atoms with Gasteiger partial charge < -0.3 is 9.79 Å². The SMILES string of the molecule is CC(C)C(NP(O)O)C(C)C. The second kappa shape index (κ2) is 5.04. The predicted octanol–water partition coefficient (Wildman–Crippen LogP) is 1.47. The summed E-state index contributed by atoms with van der Waals surface area (Å²) in [5.41, 5.74) is 0. The van der Waals surface area contributed by atoms with Crippen LogP contribution in [0.15, 0.2) is 0 Å². The summed E-state index contributed by atoms with van der Waals surface area (Å²) in [6.45, 7) is 8.26. The zero-order valence-electron chi connectivity index (χ0n) is 7.57. The van der Waals surface area contributed by atoms with Crippen LogP contribution in [0.25, 0.3) is 0 Å². The van der Waals surface area contributed by atoms with Crippen LogP contribution in [-0.4, -0.2) is 15.8 Å². The normalized spacial score (nSPS) is 12.5. The summed E-state index contributed by atoms with van der Waals surface area (Å²) in [6, 6.07) is 0.191. The molecule has 0 aromatic rings. The number of rotatable bonds is 4. The fourth-order valence-corrected chi connectivity index (χ4v) is 2.06. The van der Waals surface area contributed by atoms with Gasteiger partial charge in [-0.3, -0.25) is 0 Å². The lowest BCUT2D eigenvalue weighted by molar-refractivity contribution is 0.336. The van der Waals surface area contributed by atoms with Crippen LogP contribution >= 0.6 is 8.53 Å². The van der Waals surface area contributed by atoms with Crippen molar-refractivity contribution in [1.29, 1.82) is 0 Å². The van der Waals surface area contributed by atoms with Crippen LogP contribution in [0.2, 0.25) is 0 Å². The molecule has 11 heavy (non-hydrogen) atoms. The average Bonchev–Trinajstić information content (AvgIpc) is 1.81. The third-order valence-electron chi connectivity index (χ3n) is 1.70. The molecule has 68 valence electrons. The fourth-order valence-electron chi connectivity index (χ4n) is 1.20. The fraction of sp³-hybridized carbons (Fsp3) is 1.00. The Hall–Kier alpha value is 0.310. The highest BCUT2D eigenvalue weighted by atomic mass is 31.2. The van der Waals surface area contributed by atoms with E-state index in [1.807, 2.05) is 0 Å². The molecule has 0 aromatic carbocycles. The van der Waals surface area contributed by atoms with E-state index in [9.17, 15) is 0 Å². The zero-order valence-corrected chi connectivity index (χ0v) is 8.47. The largest absolute Gasteiger partial charge is 0.338 e. The van der Waals surface area contributed by atoms with Gasteiger partial charge in [0.15, 0.2) is 0 Å². The summed E-state index contributed by atoms with van der Waals surface area (Å²) in [4.78, 5) is 17.5. The lowest BCUT2D eigenvalue weighted by atomic mass is 9.94. The third-order valence-corrected chi connectivity index (χ3v) is 2.23. The monoisotopic (exact) mass is 179 g/mol. The second-order valence-corrected chi connectivity index (χ2v) is 4.27. The van der Waals surface area contributed by atoms with E-state index in [2.05, 4.69) is 32.8 Å².